The minimum atomic E-state index is -0.305. The number of hydrogen-bond acceptors (Lipinski definition) is 4. The lowest BCUT2D eigenvalue weighted by molar-refractivity contribution is -0.142. The number of benzene rings is 1. The van der Waals surface area contributed by atoms with Crippen molar-refractivity contribution in [2.75, 3.05) is 13.7 Å². The van der Waals surface area contributed by atoms with Gasteiger partial charge in [-0.1, -0.05) is 19.9 Å². The summed E-state index contributed by atoms with van der Waals surface area (Å²) in [5.74, 6) is 0.592. The molecule has 1 aromatic carbocycles. The molecule has 2 aliphatic rings. The smallest absolute Gasteiger partial charge is 0.302 e. The third-order valence-electron chi connectivity index (χ3n) is 3.42. The maximum absolute atomic E-state index is 10.8. The van der Waals surface area contributed by atoms with Crippen molar-refractivity contribution in [3.05, 3.63) is 29.3 Å². The van der Waals surface area contributed by atoms with Crippen LogP contribution >= 0.6 is 0 Å². The number of carbonyl (C=O) groups excluding carboxylic acids is 1. The van der Waals surface area contributed by atoms with Crippen molar-refractivity contribution >= 4 is 5.97 Å². The van der Waals surface area contributed by atoms with Crippen LogP contribution in [0, 0.1) is 0 Å². The predicted octanol–water partition coefficient (Wildman–Crippen LogP) is 2.65. The topological polar surface area (TPSA) is 48.1 Å². The largest absolute Gasteiger partial charge is 0.497 e. The minimum absolute atomic E-state index is 0.0859. The van der Waals surface area contributed by atoms with Gasteiger partial charge < -0.3 is 14.2 Å². The van der Waals surface area contributed by atoms with E-state index < -0.39 is 0 Å². The van der Waals surface area contributed by atoms with Crippen LogP contribution in [0.3, 0.4) is 0 Å². The molecule has 19 heavy (non-hydrogen) atoms. The molecule has 0 amide bonds. The summed E-state index contributed by atoms with van der Waals surface area (Å²) in [7, 11) is 1.66. The van der Waals surface area contributed by atoms with Crippen molar-refractivity contribution in [1.29, 1.82) is 0 Å². The number of carbonyl (C=O) groups is 1. The van der Waals surface area contributed by atoms with Gasteiger partial charge in [0, 0.05) is 13.3 Å². The summed E-state index contributed by atoms with van der Waals surface area (Å²) in [5, 5.41) is 0. The fourth-order valence-electron chi connectivity index (χ4n) is 2.51. The second-order valence-electron chi connectivity index (χ2n) is 4.58. The summed E-state index contributed by atoms with van der Waals surface area (Å²) in [4.78, 5) is 10.8. The molecular weight excluding hydrogens is 244 g/mol. The Kier molecular flexibility index (Phi) is 3.80. The second-order valence-corrected chi connectivity index (χ2v) is 4.58. The zero-order valence-corrected chi connectivity index (χ0v) is 11.9. The Balaban J connectivity index is 0.000000637. The van der Waals surface area contributed by atoms with E-state index in [0.29, 0.717) is 6.61 Å². The third-order valence-corrected chi connectivity index (χ3v) is 3.42. The van der Waals surface area contributed by atoms with Crippen LogP contribution in [0.15, 0.2) is 18.2 Å². The van der Waals surface area contributed by atoms with E-state index in [0.717, 1.165) is 12.2 Å². The van der Waals surface area contributed by atoms with Crippen LogP contribution in [0.1, 0.15) is 38.0 Å². The Labute approximate surface area is 113 Å². The maximum Gasteiger partial charge on any atom is 0.302 e. The molecule has 1 aromatic rings. The van der Waals surface area contributed by atoms with Gasteiger partial charge in [-0.25, -0.2) is 0 Å². The van der Waals surface area contributed by atoms with Gasteiger partial charge >= 0.3 is 5.97 Å². The third kappa shape index (κ3) is 2.45. The van der Waals surface area contributed by atoms with Crippen molar-refractivity contribution < 1.29 is 19.0 Å². The summed E-state index contributed by atoms with van der Waals surface area (Å²) in [5.41, 5.74) is 2.12. The number of rotatable bonds is 3. The number of ether oxygens (including phenoxy) is 3. The highest BCUT2D eigenvalue weighted by atomic mass is 16.6. The average molecular weight is 264 g/mol. The van der Waals surface area contributed by atoms with Crippen molar-refractivity contribution in [3.63, 3.8) is 0 Å². The van der Waals surface area contributed by atoms with Crippen LogP contribution in [-0.4, -0.2) is 25.3 Å². The molecule has 4 nitrogen and oxygen atoms in total. The number of esters is 1. The first-order valence-electron chi connectivity index (χ1n) is 6.63. The fourth-order valence-corrected chi connectivity index (χ4v) is 2.51. The molecule has 2 atom stereocenters. The highest BCUT2D eigenvalue weighted by Gasteiger charge is 2.63. The molecule has 1 aliphatic carbocycles. The summed E-state index contributed by atoms with van der Waals surface area (Å²) < 4.78 is 15.9. The van der Waals surface area contributed by atoms with Crippen LogP contribution in [0.2, 0.25) is 0 Å². The van der Waals surface area contributed by atoms with Crippen molar-refractivity contribution in [2.24, 2.45) is 0 Å². The zero-order chi connectivity index (χ0) is 14.0. The van der Waals surface area contributed by atoms with Gasteiger partial charge in [0.1, 0.15) is 24.1 Å². The lowest BCUT2D eigenvalue weighted by Crippen LogP contribution is -2.21. The highest BCUT2D eigenvalue weighted by molar-refractivity contribution is 5.66. The standard InChI is InChI=1S/C13H14O4.C2H6/c1-8(14)16-7-13-6-9-5-10(15-2)3-4-11(9)12(13)17-13;1-2/h3-5,12H,6-7H2,1-2H3;1-2H3. The molecule has 0 aromatic heterocycles. The average Bonchev–Trinajstić information content (AvgIpc) is 3.05. The molecular formula is C15H20O4. The Morgan fingerprint density at radius 2 is 2.21 bits per heavy atom. The van der Waals surface area contributed by atoms with Gasteiger partial charge in [-0.15, -0.1) is 0 Å². The lowest BCUT2D eigenvalue weighted by atomic mass is 10.1. The normalized spacial score (nSPS) is 25.6. The second kappa shape index (κ2) is 5.21. The zero-order valence-electron chi connectivity index (χ0n) is 11.9. The lowest BCUT2D eigenvalue weighted by Gasteiger charge is -2.09. The molecule has 2 unspecified atom stereocenters. The molecule has 0 spiro atoms. The molecule has 1 saturated heterocycles. The molecule has 3 rings (SSSR count). The number of hydrogen-bond donors (Lipinski definition) is 0. The van der Waals surface area contributed by atoms with Crippen LogP contribution in [0.25, 0.3) is 0 Å². The summed E-state index contributed by atoms with van der Waals surface area (Å²) in [6, 6.07) is 5.99. The van der Waals surface area contributed by atoms with E-state index in [4.69, 9.17) is 14.2 Å². The van der Waals surface area contributed by atoms with Crippen LogP contribution < -0.4 is 4.74 Å². The summed E-state index contributed by atoms with van der Waals surface area (Å²) in [6.45, 7) is 5.75. The molecule has 1 heterocycles. The first-order chi connectivity index (χ1) is 9.14. The monoisotopic (exact) mass is 264 g/mol. The quantitative estimate of drug-likeness (QED) is 0.622. The summed E-state index contributed by atoms with van der Waals surface area (Å²) >= 11 is 0. The molecule has 4 heteroatoms. The Morgan fingerprint density at radius 3 is 2.84 bits per heavy atom. The SMILES string of the molecule is CC.COc1ccc2c(c1)CC1(COC(C)=O)OC21. The van der Waals surface area contributed by atoms with Crippen LogP contribution in [0.5, 0.6) is 5.75 Å². The maximum atomic E-state index is 10.8. The van der Waals surface area contributed by atoms with E-state index >= 15 is 0 Å². The van der Waals surface area contributed by atoms with E-state index in [-0.39, 0.29) is 17.7 Å². The molecule has 0 saturated carbocycles. The molecule has 104 valence electrons. The van der Waals surface area contributed by atoms with Gasteiger partial charge in [0.2, 0.25) is 0 Å². The highest BCUT2D eigenvalue weighted by Crippen LogP contribution is 2.58. The van der Waals surface area contributed by atoms with Crippen LogP contribution in [-0.2, 0) is 20.7 Å². The molecule has 0 N–H and O–H groups in total. The van der Waals surface area contributed by atoms with E-state index in [2.05, 4.69) is 0 Å². The number of methoxy groups -OCH3 is 1. The van der Waals surface area contributed by atoms with Crippen molar-refractivity contribution in [1.82, 2.24) is 0 Å². The number of fused-ring (bicyclic) bond motifs is 3. The predicted molar refractivity (Wildman–Crippen MR) is 71.2 cm³/mol. The molecule has 0 bridgehead atoms. The van der Waals surface area contributed by atoms with Crippen LogP contribution in [0.4, 0.5) is 0 Å². The molecule has 1 fully saturated rings. The minimum Gasteiger partial charge on any atom is -0.497 e. The van der Waals surface area contributed by atoms with E-state index in [1.54, 1.807) is 7.11 Å². The summed E-state index contributed by atoms with van der Waals surface area (Å²) in [6.07, 6.45) is 0.875. The van der Waals surface area contributed by atoms with Gasteiger partial charge in [0.05, 0.1) is 7.11 Å². The van der Waals surface area contributed by atoms with E-state index in [1.165, 1.54) is 18.1 Å². The van der Waals surface area contributed by atoms with E-state index in [1.807, 2.05) is 32.0 Å². The molecule has 1 aliphatic heterocycles. The van der Waals surface area contributed by atoms with Crippen molar-refractivity contribution in [3.8, 4) is 5.75 Å². The van der Waals surface area contributed by atoms with Gasteiger partial charge in [0.15, 0.2) is 0 Å². The van der Waals surface area contributed by atoms with Gasteiger partial charge in [0.25, 0.3) is 0 Å². The van der Waals surface area contributed by atoms with Gasteiger partial charge in [-0.2, -0.15) is 0 Å². The van der Waals surface area contributed by atoms with E-state index in [9.17, 15) is 4.79 Å². The Hall–Kier alpha value is -1.55. The first kappa shape index (κ1) is 13.9. The number of epoxide rings is 1. The first-order valence-corrected chi connectivity index (χ1v) is 6.63. The molecule has 0 radical (unpaired) electrons. The Bertz CT molecular complexity index is 483. The fraction of sp³-hybridized carbons (Fsp3) is 0.533. The Morgan fingerprint density at radius 1 is 1.47 bits per heavy atom. The van der Waals surface area contributed by atoms with Crippen molar-refractivity contribution in [2.45, 2.75) is 38.9 Å². The van der Waals surface area contributed by atoms with Gasteiger partial charge in [-0.3, -0.25) is 4.79 Å². The van der Waals surface area contributed by atoms with Gasteiger partial charge in [-0.05, 0) is 23.3 Å².